The quantitative estimate of drug-likeness (QED) is 0.660. The molecular formula is C22H25N3O3S. The van der Waals surface area contributed by atoms with Crippen molar-refractivity contribution in [3.63, 3.8) is 0 Å². The zero-order valence-corrected chi connectivity index (χ0v) is 17.5. The molecule has 1 fully saturated rings. The average Bonchev–Trinajstić information content (AvgIpc) is 3.20. The maximum Gasteiger partial charge on any atom is 0.238 e. The van der Waals surface area contributed by atoms with Crippen molar-refractivity contribution in [1.82, 2.24) is 4.90 Å². The van der Waals surface area contributed by atoms with Crippen molar-refractivity contribution in [1.29, 1.82) is 5.26 Å². The second kappa shape index (κ2) is 10.2. The molecule has 1 heterocycles. The molecular weight excluding hydrogens is 386 g/mol. The SMILES string of the molecule is COc1ccc([C@H]2CCCN2CC(=O)Nc2ccccc2SCC#N)c(OC)c1. The van der Waals surface area contributed by atoms with Gasteiger partial charge in [0.1, 0.15) is 11.5 Å². The number of thioether (sulfide) groups is 1. The molecule has 152 valence electrons. The number of nitrogens with one attached hydrogen (secondary N) is 1. The number of likely N-dealkylation sites (tertiary alicyclic amines) is 1. The fourth-order valence-corrected chi connectivity index (χ4v) is 4.31. The van der Waals surface area contributed by atoms with E-state index in [-0.39, 0.29) is 11.9 Å². The molecule has 1 amide bonds. The Morgan fingerprint density at radius 1 is 1.28 bits per heavy atom. The third-order valence-corrected chi connectivity index (χ3v) is 5.90. The zero-order valence-electron chi connectivity index (χ0n) is 16.7. The van der Waals surface area contributed by atoms with Gasteiger partial charge >= 0.3 is 0 Å². The summed E-state index contributed by atoms with van der Waals surface area (Å²) in [5, 5.41) is 11.8. The number of carbonyl (C=O) groups is 1. The summed E-state index contributed by atoms with van der Waals surface area (Å²) in [4.78, 5) is 15.8. The molecule has 1 aliphatic heterocycles. The highest BCUT2D eigenvalue weighted by atomic mass is 32.2. The first-order chi connectivity index (χ1) is 14.2. The van der Waals surface area contributed by atoms with Gasteiger partial charge in [-0.25, -0.2) is 0 Å². The van der Waals surface area contributed by atoms with E-state index in [2.05, 4.69) is 16.3 Å². The van der Waals surface area contributed by atoms with Crippen LogP contribution in [0.4, 0.5) is 5.69 Å². The molecule has 1 saturated heterocycles. The van der Waals surface area contributed by atoms with E-state index in [1.165, 1.54) is 11.8 Å². The van der Waals surface area contributed by atoms with Crippen molar-refractivity contribution < 1.29 is 14.3 Å². The molecule has 0 spiro atoms. The maximum absolute atomic E-state index is 12.7. The first-order valence-electron chi connectivity index (χ1n) is 9.51. The van der Waals surface area contributed by atoms with Gasteiger partial charge in [-0.2, -0.15) is 5.26 Å². The second-order valence-corrected chi connectivity index (χ2v) is 7.74. The minimum Gasteiger partial charge on any atom is -0.497 e. The molecule has 29 heavy (non-hydrogen) atoms. The number of nitriles is 1. The van der Waals surface area contributed by atoms with Crippen molar-refractivity contribution in [3.8, 4) is 17.6 Å². The highest BCUT2D eigenvalue weighted by Crippen LogP contribution is 2.38. The van der Waals surface area contributed by atoms with Crippen molar-refractivity contribution in [2.45, 2.75) is 23.8 Å². The Balaban J connectivity index is 1.70. The van der Waals surface area contributed by atoms with E-state index in [0.29, 0.717) is 12.3 Å². The standard InChI is InChI=1S/C22H25N3O3S/c1-27-16-9-10-17(20(14-16)28-2)19-7-5-12-25(19)15-22(26)24-18-6-3-4-8-21(18)29-13-11-23/h3-4,6,8-10,14,19H,5,7,12-13,15H2,1-2H3,(H,24,26)/t19-/m1/s1. The van der Waals surface area contributed by atoms with E-state index in [1.54, 1.807) is 14.2 Å². The van der Waals surface area contributed by atoms with Crippen molar-refractivity contribution in [2.24, 2.45) is 0 Å². The highest BCUT2D eigenvalue weighted by Gasteiger charge is 2.30. The smallest absolute Gasteiger partial charge is 0.238 e. The van der Waals surface area contributed by atoms with Crippen LogP contribution in [0.15, 0.2) is 47.4 Å². The van der Waals surface area contributed by atoms with Crippen LogP contribution in [0, 0.1) is 11.3 Å². The van der Waals surface area contributed by atoms with E-state index < -0.39 is 0 Å². The van der Waals surface area contributed by atoms with Gasteiger partial charge in [-0.3, -0.25) is 9.69 Å². The first kappa shape index (κ1) is 21.0. The van der Waals surface area contributed by atoms with Crippen molar-refractivity contribution in [2.75, 3.05) is 38.4 Å². The van der Waals surface area contributed by atoms with Crippen molar-refractivity contribution >= 4 is 23.4 Å². The lowest BCUT2D eigenvalue weighted by molar-refractivity contribution is -0.117. The van der Waals surface area contributed by atoms with Gasteiger partial charge in [-0.05, 0) is 37.6 Å². The lowest BCUT2D eigenvalue weighted by Crippen LogP contribution is -2.33. The Hall–Kier alpha value is -2.69. The summed E-state index contributed by atoms with van der Waals surface area (Å²) in [7, 11) is 3.29. The number of amides is 1. The van der Waals surface area contributed by atoms with Crippen LogP contribution in [0.1, 0.15) is 24.4 Å². The van der Waals surface area contributed by atoms with Crippen LogP contribution < -0.4 is 14.8 Å². The number of rotatable bonds is 8. The molecule has 0 aliphatic carbocycles. The minimum atomic E-state index is -0.0608. The Bertz CT molecular complexity index is 897. The summed E-state index contributed by atoms with van der Waals surface area (Å²) in [5.41, 5.74) is 1.82. The molecule has 1 atom stereocenters. The Morgan fingerprint density at radius 2 is 2.10 bits per heavy atom. The molecule has 1 N–H and O–H groups in total. The number of anilines is 1. The maximum atomic E-state index is 12.7. The Morgan fingerprint density at radius 3 is 2.86 bits per heavy atom. The fourth-order valence-electron chi connectivity index (χ4n) is 3.64. The van der Waals surface area contributed by atoms with E-state index in [1.807, 2.05) is 42.5 Å². The van der Waals surface area contributed by atoms with Crippen LogP contribution in [-0.2, 0) is 4.79 Å². The molecule has 0 radical (unpaired) electrons. The number of methoxy groups -OCH3 is 2. The topological polar surface area (TPSA) is 74.6 Å². The third-order valence-electron chi connectivity index (χ3n) is 4.96. The third kappa shape index (κ3) is 5.22. The van der Waals surface area contributed by atoms with E-state index in [0.717, 1.165) is 47.0 Å². The minimum absolute atomic E-state index is 0.0608. The number of para-hydroxylation sites is 1. The molecule has 7 heteroatoms. The number of benzene rings is 2. The fraction of sp³-hybridized carbons (Fsp3) is 0.364. The van der Waals surface area contributed by atoms with Gasteiger partial charge in [-0.15, -0.1) is 11.8 Å². The summed E-state index contributed by atoms with van der Waals surface area (Å²) in [6.07, 6.45) is 2.01. The first-order valence-corrected chi connectivity index (χ1v) is 10.5. The van der Waals surface area contributed by atoms with Gasteiger partial charge in [0.2, 0.25) is 5.91 Å². The molecule has 6 nitrogen and oxygen atoms in total. The lowest BCUT2D eigenvalue weighted by Gasteiger charge is -2.26. The van der Waals surface area contributed by atoms with Crippen molar-refractivity contribution in [3.05, 3.63) is 48.0 Å². The molecule has 3 rings (SSSR count). The number of nitrogens with zero attached hydrogens (tertiary/aromatic N) is 2. The van der Waals surface area contributed by atoms with E-state index in [9.17, 15) is 4.79 Å². The molecule has 0 bridgehead atoms. The average molecular weight is 412 g/mol. The van der Waals surface area contributed by atoms with Crippen LogP contribution in [0.25, 0.3) is 0 Å². The summed E-state index contributed by atoms with van der Waals surface area (Å²) in [5.74, 6) is 1.81. The predicted octanol–water partition coefficient (Wildman–Crippen LogP) is 4.10. The van der Waals surface area contributed by atoms with E-state index >= 15 is 0 Å². The van der Waals surface area contributed by atoms with Gasteiger partial charge in [-0.1, -0.05) is 18.2 Å². The monoisotopic (exact) mass is 411 g/mol. The summed E-state index contributed by atoms with van der Waals surface area (Å²) in [6, 6.07) is 15.6. The lowest BCUT2D eigenvalue weighted by atomic mass is 10.0. The Kier molecular flexibility index (Phi) is 7.39. The van der Waals surface area contributed by atoms with Gasteiger partial charge in [0.25, 0.3) is 0 Å². The summed E-state index contributed by atoms with van der Waals surface area (Å²) >= 11 is 1.42. The van der Waals surface area contributed by atoms with E-state index in [4.69, 9.17) is 14.7 Å². The Labute approximate surface area is 175 Å². The number of hydrogen-bond acceptors (Lipinski definition) is 6. The molecule has 2 aromatic carbocycles. The van der Waals surface area contributed by atoms with Gasteiger partial charge in [0, 0.05) is 22.6 Å². The largest absolute Gasteiger partial charge is 0.497 e. The number of carbonyl (C=O) groups excluding carboxylic acids is 1. The molecule has 0 saturated carbocycles. The molecule has 2 aromatic rings. The zero-order chi connectivity index (χ0) is 20.6. The molecule has 1 aliphatic rings. The second-order valence-electron chi connectivity index (χ2n) is 6.73. The molecule has 0 aromatic heterocycles. The predicted molar refractivity (Wildman–Crippen MR) is 115 cm³/mol. The van der Waals surface area contributed by atoms with Crippen LogP contribution in [0.2, 0.25) is 0 Å². The van der Waals surface area contributed by atoms with Gasteiger partial charge in [0.15, 0.2) is 0 Å². The number of hydrogen-bond donors (Lipinski definition) is 1. The normalized spacial score (nSPS) is 16.2. The molecule has 0 unspecified atom stereocenters. The highest BCUT2D eigenvalue weighted by molar-refractivity contribution is 7.99. The van der Waals surface area contributed by atoms with Crippen LogP contribution >= 0.6 is 11.8 Å². The van der Waals surface area contributed by atoms with Crippen LogP contribution in [0.5, 0.6) is 11.5 Å². The van der Waals surface area contributed by atoms with Crippen LogP contribution in [-0.4, -0.2) is 43.9 Å². The number of ether oxygens (including phenoxy) is 2. The van der Waals surface area contributed by atoms with Crippen LogP contribution in [0.3, 0.4) is 0 Å². The summed E-state index contributed by atoms with van der Waals surface area (Å²) in [6.45, 7) is 1.16. The summed E-state index contributed by atoms with van der Waals surface area (Å²) < 4.78 is 10.9. The van der Waals surface area contributed by atoms with Gasteiger partial charge in [0.05, 0.1) is 38.3 Å². The van der Waals surface area contributed by atoms with Gasteiger partial charge < -0.3 is 14.8 Å².